The molecule has 0 aliphatic carbocycles. The highest BCUT2D eigenvalue weighted by atomic mass is 32.2. The van der Waals surface area contributed by atoms with Crippen LogP contribution in [0, 0.1) is 5.92 Å². The van der Waals surface area contributed by atoms with E-state index in [1.54, 1.807) is 6.07 Å². The first-order chi connectivity index (χ1) is 12.9. The summed E-state index contributed by atoms with van der Waals surface area (Å²) in [6, 6.07) is 4.61. The van der Waals surface area contributed by atoms with Gasteiger partial charge in [-0.2, -0.15) is 4.31 Å². The first kappa shape index (κ1) is 20.1. The fourth-order valence-corrected chi connectivity index (χ4v) is 5.02. The summed E-state index contributed by atoms with van der Waals surface area (Å²) in [5.41, 5.74) is 0.313. The summed E-state index contributed by atoms with van der Waals surface area (Å²) >= 11 is 0. The Bertz CT molecular complexity index is 777. The number of ether oxygens (including phenoxy) is 2. The van der Waals surface area contributed by atoms with Gasteiger partial charge in [-0.25, -0.2) is 8.42 Å². The number of rotatable bonds is 5. The lowest BCUT2D eigenvalue weighted by molar-refractivity contribution is 0.0729. The van der Waals surface area contributed by atoms with Gasteiger partial charge < -0.3 is 20.1 Å². The van der Waals surface area contributed by atoms with Crippen LogP contribution in [0.3, 0.4) is 0 Å². The van der Waals surface area contributed by atoms with Gasteiger partial charge in [0, 0.05) is 24.7 Å². The summed E-state index contributed by atoms with van der Waals surface area (Å²) in [4.78, 5) is 12.7. The number of hydrogen-bond acceptors (Lipinski definition) is 6. The van der Waals surface area contributed by atoms with Gasteiger partial charge in [-0.3, -0.25) is 4.79 Å². The number of piperidine rings is 1. The van der Waals surface area contributed by atoms with Crippen LogP contribution in [0.2, 0.25) is 0 Å². The smallest absolute Gasteiger partial charge is 0.251 e. The molecule has 3 rings (SSSR count). The Hall–Kier alpha value is -1.68. The largest absolute Gasteiger partial charge is 0.495 e. The highest BCUT2D eigenvalue weighted by Crippen LogP contribution is 2.28. The average Bonchev–Trinajstić information content (AvgIpc) is 2.69. The molecule has 2 aliphatic heterocycles. The second-order valence-electron chi connectivity index (χ2n) is 6.93. The van der Waals surface area contributed by atoms with Crippen LogP contribution in [0.25, 0.3) is 0 Å². The molecule has 0 radical (unpaired) electrons. The number of nitrogens with zero attached hydrogens (tertiary/aromatic N) is 1. The minimum atomic E-state index is -3.77. The first-order valence-electron chi connectivity index (χ1n) is 9.21. The van der Waals surface area contributed by atoms with Gasteiger partial charge in [0.15, 0.2) is 0 Å². The predicted octanol–water partition coefficient (Wildman–Crippen LogP) is 0.444. The molecule has 0 bridgehead atoms. The van der Waals surface area contributed by atoms with E-state index in [9.17, 15) is 13.2 Å². The summed E-state index contributed by atoms with van der Waals surface area (Å²) in [7, 11) is -2.35. The van der Waals surface area contributed by atoms with Crippen molar-refractivity contribution in [2.45, 2.75) is 24.3 Å². The van der Waals surface area contributed by atoms with Crippen LogP contribution in [-0.4, -0.2) is 71.2 Å². The molecule has 2 unspecified atom stereocenters. The van der Waals surface area contributed by atoms with Crippen molar-refractivity contribution < 1.29 is 22.7 Å². The van der Waals surface area contributed by atoms with Crippen LogP contribution < -0.4 is 15.4 Å². The number of carbonyl (C=O) groups excluding carboxylic acids is 1. The molecule has 9 heteroatoms. The molecule has 2 atom stereocenters. The molecule has 2 saturated heterocycles. The van der Waals surface area contributed by atoms with Gasteiger partial charge in [-0.05, 0) is 43.6 Å². The normalized spacial score (nSPS) is 24.4. The van der Waals surface area contributed by atoms with E-state index in [0.29, 0.717) is 24.7 Å². The Labute approximate surface area is 160 Å². The quantitative estimate of drug-likeness (QED) is 0.749. The lowest BCUT2D eigenvalue weighted by Crippen LogP contribution is -2.48. The zero-order valence-corrected chi connectivity index (χ0v) is 16.5. The van der Waals surface area contributed by atoms with Crippen molar-refractivity contribution >= 4 is 15.9 Å². The molecule has 1 aromatic carbocycles. The molecule has 0 spiro atoms. The van der Waals surface area contributed by atoms with Crippen molar-refractivity contribution in [1.29, 1.82) is 0 Å². The zero-order valence-electron chi connectivity index (χ0n) is 15.7. The Kier molecular flexibility index (Phi) is 6.36. The van der Waals surface area contributed by atoms with Gasteiger partial charge in [0.2, 0.25) is 10.0 Å². The van der Waals surface area contributed by atoms with E-state index in [2.05, 4.69) is 17.6 Å². The monoisotopic (exact) mass is 397 g/mol. The average molecular weight is 397 g/mol. The van der Waals surface area contributed by atoms with Gasteiger partial charge in [-0.1, -0.05) is 6.92 Å². The molecular formula is C18H27N3O5S. The van der Waals surface area contributed by atoms with E-state index in [-0.39, 0.29) is 35.7 Å². The molecule has 2 aliphatic rings. The lowest BCUT2D eigenvalue weighted by Gasteiger charge is -2.30. The van der Waals surface area contributed by atoms with Gasteiger partial charge in [0.05, 0.1) is 20.3 Å². The molecule has 2 heterocycles. The van der Waals surface area contributed by atoms with Crippen molar-refractivity contribution in [3.63, 3.8) is 0 Å². The first-order valence-corrected chi connectivity index (χ1v) is 10.6. The molecule has 1 amide bonds. The number of carbonyl (C=O) groups is 1. The van der Waals surface area contributed by atoms with Crippen molar-refractivity contribution in [3.8, 4) is 5.75 Å². The van der Waals surface area contributed by atoms with Gasteiger partial charge in [0.1, 0.15) is 10.6 Å². The number of methoxy groups -OCH3 is 1. The molecule has 0 aromatic heterocycles. The second kappa shape index (κ2) is 8.55. The molecule has 2 N–H and O–H groups in total. The molecule has 8 nitrogen and oxygen atoms in total. The number of benzene rings is 1. The van der Waals surface area contributed by atoms with Crippen LogP contribution in [-0.2, 0) is 14.8 Å². The number of hydrogen-bond donors (Lipinski definition) is 2. The van der Waals surface area contributed by atoms with Gasteiger partial charge >= 0.3 is 0 Å². The zero-order chi connectivity index (χ0) is 19.4. The third-order valence-electron chi connectivity index (χ3n) is 5.12. The molecule has 27 heavy (non-hydrogen) atoms. The third kappa shape index (κ3) is 4.43. The summed E-state index contributed by atoms with van der Waals surface area (Å²) in [6.07, 6.45) is 0.849. The number of nitrogens with one attached hydrogen (secondary N) is 2. The van der Waals surface area contributed by atoms with Crippen LogP contribution >= 0.6 is 0 Å². The maximum atomic E-state index is 13.0. The Morgan fingerprint density at radius 2 is 2.07 bits per heavy atom. The Morgan fingerprint density at radius 1 is 1.33 bits per heavy atom. The van der Waals surface area contributed by atoms with Crippen LogP contribution in [0.4, 0.5) is 0 Å². The van der Waals surface area contributed by atoms with Crippen LogP contribution in [0.1, 0.15) is 23.7 Å². The van der Waals surface area contributed by atoms with E-state index in [0.717, 1.165) is 19.5 Å². The summed E-state index contributed by atoms with van der Waals surface area (Å²) in [5, 5.41) is 6.33. The van der Waals surface area contributed by atoms with Crippen molar-refractivity contribution in [1.82, 2.24) is 14.9 Å². The molecule has 2 fully saturated rings. The van der Waals surface area contributed by atoms with Crippen molar-refractivity contribution in [3.05, 3.63) is 23.8 Å². The minimum Gasteiger partial charge on any atom is -0.495 e. The van der Waals surface area contributed by atoms with Crippen molar-refractivity contribution in [2.24, 2.45) is 5.92 Å². The lowest BCUT2D eigenvalue weighted by atomic mass is 9.95. The van der Waals surface area contributed by atoms with E-state index in [1.165, 1.54) is 23.5 Å². The topological polar surface area (TPSA) is 97.0 Å². The van der Waals surface area contributed by atoms with Crippen molar-refractivity contribution in [2.75, 3.05) is 46.5 Å². The van der Waals surface area contributed by atoms with Gasteiger partial charge in [-0.15, -0.1) is 0 Å². The summed E-state index contributed by atoms with van der Waals surface area (Å²) < 4.78 is 37.9. The molecular weight excluding hydrogens is 370 g/mol. The van der Waals surface area contributed by atoms with Crippen LogP contribution in [0.5, 0.6) is 5.75 Å². The van der Waals surface area contributed by atoms with E-state index >= 15 is 0 Å². The molecule has 0 saturated carbocycles. The van der Waals surface area contributed by atoms with E-state index < -0.39 is 10.0 Å². The fourth-order valence-electron chi connectivity index (χ4n) is 3.43. The molecule has 1 aromatic rings. The standard InChI is InChI=1S/C18H27N3O5S/c1-13-12-19-6-5-15(13)20-18(22)14-3-4-16(25-2)17(11-14)27(23,24)21-7-9-26-10-8-21/h3-4,11,13,15,19H,5-10,12H2,1-2H3,(H,20,22). The predicted molar refractivity (Wildman–Crippen MR) is 100 cm³/mol. The van der Waals surface area contributed by atoms with E-state index in [4.69, 9.17) is 9.47 Å². The van der Waals surface area contributed by atoms with E-state index in [1.807, 2.05) is 0 Å². The summed E-state index contributed by atoms with van der Waals surface area (Å²) in [5.74, 6) is 0.278. The van der Waals surface area contributed by atoms with Crippen LogP contribution in [0.15, 0.2) is 23.1 Å². The minimum absolute atomic E-state index is 0.0120. The number of amides is 1. The fraction of sp³-hybridized carbons (Fsp3) is 0.611. The maximum absolute atomic E-state index is 13.0. The SMILES string of the molecule is COc1ccc(C(=O)NC2CCNCC2C)cc1S(=O)(=O)N1CCOCC1. The molecule has 150 valence electrons. The Morgan fingerprint density at radius 3 is 2.74 bits per heavy atom. The van der Waals surface area contributed by atoms with Gasteiger partial charge in [0.25, 0.3) is 5.91 Å². The summed E-state index contributed by atoms with van der Waals surface area (Å²) in [6.45, 7) is 5.08. The highest BCUT2D eigenvalue weighted by Gasteiger charge is 2.30. The number of sulfonamides is 1. The Balaban J connectivity index is 1.85. The maximum Gasteiger partial charge on any atom is 0.251 e. The third-order valence-corrected chi connectivity index (χ3v) is 7.04. The number of morpholine rings is 1. The second-order valence-corrected chi connectivity index (χ2v) is 8.84. The highest BCUT2D eigenvalue weighted by molar-refractivity contribution is 7.89.